The zero-order valence-corrected chi connectivity index (χ0v) is 14.2. The minimum atomic E-state index is -3.62. The van der Waals surface area contributed by atoms with Gasteiger partial charge in [-0.05, 0) is 30.3 Å². The van der Waals surface area contributed by atoms with Gasteiger partial charge in [-0.3, -0.25) is 4.98 Å². The minimum Gasteiger partial charge on any atom is -0.264 e. The molecule has 0 unspecified atom stereocenters. The van der Waals surface area contributed by atoms with Crippen molar-refractivity contribution in [2.75, 3.05) is 0 Å². The summed E-state index contributed by atoms with van der Waals surface area (Å²) in [5, 5.41) is 2.93. The first-order valence-electron chi connectivity index (χ1n) is 6.65. The lowest BCUT2D eigenvalue weighted by molar-refractivity contribution is 0.581. The molecule has 0 saturated heterocycles. The highest BCUT2D eigenvalue weighted by molar-refractivity contribution is 7.89. The zero-order valence-electron chi connectivity index (χ0n) is 11.8. The standard InChI is InChI=1S/C15H12ClN3O2S2/c16-12-4-1-5-13(7-12)23(20,21)18-9-15-19-14(10-22-15)11-3-2-6-17-8-11/h1-8,10,18H,9H2. The summed E-state index contributed by atoms with van der Waals surface area (Å²) in [6.45, 7) is 0.125. The Labute approximate surface area is 143 Å². The number of halogens is 1. The van der Waals surface area contributed by atoms with Crippen molar-refractivity contribution >= 4 is 33.0 Å². The van der Waals surface area contributed by atoms with Gasteiger partial charge in [0.1, 0.15) is 5.01 Å². The molecule has 0 saturated carbocycles. The van der Waals surface area contributed by atoms with Gasteiger partial charge >= 0.3 is 0 Å². The number of aromatic nitrogens is 2. The summed E-state index contributed by atoms with van der Waals surface area (Å²) in [6, 6.07) is 9.87. The molecule has 23 heavy (non-hydrogen) atoms. The summed E-state index contributed by atoms with van der Waals surface area (Å²) in [6.07, 6.45) is 3.41. The van der Waals surface area contributed by atoms with Crippen LogP contribution in [0.2, 0.25) is 5.02 Å². The lowest BCUT2D eigenvalue weighted by Gasteiger charge is -2.05. The maximum absolute atomic E-state index is 12.2. The summed E-state index contributed by atoms with van der Waals surface area (Å²) in [4.78, 5) is 8.60. The van der Waals surface area contributed by atoms with Crippen molar-refractivity contribution in [3.05, 3.63) is 64.2 Å². The fourth-order valence-electron chi connectivity index (χ4n) is 1.91. The van der Waals surface area contributed by atoms with Crippen LogP contribution in [0.25, 0.3) is 11.3 Å². The number of hydrogen-bond acceptors (Lipinski definition) is 5. The molecule has 1 N–H and O–H groups in total. The third kappa shape index (κ3) is 3.94. The second-order valence-electron chi connectivity index (χ2n) is 4.65. The summed E-state index contributed by atoms with van der Waals surface area (Å²) in [5.74, 6) is 0. The second kappa shape index (κ2) is 6.76. The van der Waals surface area contributed by atoms with Crippen molar-refractivity contribution in [2.45, 2.75) is 11.4 Å². The molecule has 0 aliphatic rings. The Bertz CT molecular complexity index is 911. The maximum atomic E-state index is 12.2. The van der Waals surface area contributed by atoms with Crippen molar-refractivity contribution in [1.29, 1.82) is 0 Å². The van der Waals surface area contributed by atoms with Crippen molar-refractivity contribution in [2.24, 2.45) is 0 Å². The molecule has 3 rings (SSSR count). The number of thiazole rings is 1. The van der Waals surface area contributed by atoms with Gasteiger partial charge in [0, 0.05) is 28.4 Å². The Morgan fingerprint density at radius 3 is 2.83 bits per heavy atom. The minimum absolute atomic E-state index is 0.125. The van der Waals surface area contributed by atoms with Gasteiger partial charge in [-0.25, -0.2) is 18.1 Å². The Morgan fingerprint density at radius 2 is 2.09 bits per heavy atom. The molecule has 2 aromatic heterocycles. The van der Waals surface area contributed by atoms with Gasteiger partial charge in [-0.1, -0.05) is 17.7 Å². The number of nitrogens with zero attached hydrogens (tertiary/aromatic N) is 2. The molecule has 0 aliphatic carbocycles. The van der Waals surface area contributed by atoms with E-state index < -0.39 is 10.0 Å². The lowest BCUT2D eigenvalue weighted by Crippen LogP contribution is -2.23. The molecule has 0 aliphatic heterocycles. The first-order chi connectivity index (χ1) is 11.0. The predicted octanol–water partition coefficient (Wildman–Crippen LogP) is 3.34. The first kappa shape index (κ1) is 16.1. The van der Waals surface area contributed by atoms with Crippen LogP contribution in [0.15, 0.2) is 59.1 Å². The molecule has 3 aromatic rings. The van der Waals surface area contributed by atoms with Crippen molar-refractivity contribution in [3.63, 3.8) is 0 Å². The Morgan fingerprint density at radius 1 is 1.22 bits per heavy atom. The van der Waals surface area contributed by atoms with Crippen LogP contribution in [-0.2, 0) is 16.6 Å². The lowest BCUT2D eigenvalue weighted by atomic mass is 10.2. The van der Waals surface area contributed by atoms with Crippen LogP contribution in [0, 0.1) is 0 Å². The van der Waals surface area contributed by atoms with Crippen LogP contribution >= 0.6 is 22.9 Å². The number of hydrogen-bond donors (Lipinski definition) is 1. The number of pyridine rings is 1. The fourth-order valence-corrected chi connectivity index (χ4v) is 4.04. The van der Waals surface area contributed by atoms with Gasteiger partial charge in [-0.2, -0.15) is 0 Å². The Balaban J connectivity index is 1.73. The summed E-state index contributed by atoms with van der Waals surface area (Å²) in [7, 11) is -3.62. The average Bonchev–Trinajstić information content (AvgIpc) is 3.03. The van der Waals surface area contributed by atoms with Crippen LogP contribution in [0.5, 0.6) is 0 Å². The van der Waals surface area contributed by atoms with E-state index in [1.165, 1.54) is 23.5 Å². The molecule has 0 amide bonds. The molecule has 0 atom stereocenters. The van der Waals surface area contributed by atoms with Gasteiger partial charge in [0.15, 0.2) is 0 Å². The van der Waals surface area contributed by atoms with E-state index in [-0.39, 0.29) is 11.4 Å². The van der Waals surface area contributed by atoms with Crippen LogP contribution < -0.4 is 4.72 Å². The SMILES string of the molecule is O=S(=O)(NCc1nc(-c2cccnc2)cs1)c1cccc(Cl)c1. The van der Waals surface area contributed by atoms with Gasteiger partial charge in [0.25, 0.3) is 0 Å². The Kier molecular flexibility index (Phi) is 4.72. The normalized spacial score (nSPS) is 11.5. The molecule has 0 bridgehead atoms. The molecule has 5 nitrogen and oxygen atoms in total. The first-order valence-corrected chi connectivity index (χ1v) is 9.39. The third-order valence-corrected chi connectivity index (χ3v) is 5.51. The van der Waals surface area contributed by atoms with Crippen LogP contribution in [0.4, 0.5) is 0 Å². The van der Waals surface area contributed by atoms with Gasteiger partial charge in [0.2, 0.25) is 10.0 Å². The van der Waals surface area contributed by atoms with E-state index in [4.69, 9.17) is 11.6 Å². The fraction of sp³-hybridized carbons (Fsp3) is 0.0667. The van der Waals surface area contributed by atoms with Gasteiger partial charge < -0.3 is 0 Å². The van der Waals surface area contributed by atoms with Crippen LogP contribution in [0.3, 0.4) is 0 Å². The van der Waals surface area contributed by atoms with Crippen molar-refractivity contribution < 1.29 is 8.42 Å². The number of sulfonamides is 1. The molecule has 0 radical (unpaired) electrons. The molecule has 0 spiro atoms. The van der Waals surface area contributed by atoms with E-state index >= 15 is 0 Å². The van der Waals surface area contributed by atoms with Crippen LogP contribution in [0.1, 0.15) is 5.01 Å². The second-order valence-corrected chi connectivity index (χ2v) is 7.80. The van der Waals surface area contributed by atoms with Crippen LogP contribution in [-0.4, -0.2) is 18.4 Å². The molecule has 1 aromatic carbocycles. The largest absolute Gasteiger partial charge is 0.264 e. The van der Waals surface area contributed by atoms with Gasteiger partial charge in [-0.15, -0.1) is 11.3 Å². The summed E-state index contributed by atoms with van der Waals surface area (Å²) >= 11 is 7.22. The van der Waals surface area contributed by atoms with E-state index in [9.17, 15) is 8.42 Å². The maximum Gasteiger partial charge on any atom is 0.241 e. The third-order valence-electron chi connectivity index (χ3n) is 3.03. The highest BCUT2D eigenvalue weighted by Gasteiger charge is 2.15. The molecular weight excluding hydrogens is 354 g/mol. The molecule has 2 heterocycles. The summed E-state index contributed by atoms with van der Waals surface area (Å²) in [5.41, 5.74) is 1.67. The topological polar surface area (TPSA) is 72.0 Å². The average molecular weight is 366 g/mol. The molecular formula is C15H12ClN3O2S2. The number of rotatable bonds is 5. The highest BCUT2D eigenvalue weighted by Crippen LogP contribution is 2.21. The number of benzene rings is 1. The zero-order chi connectivity index (χ0) is 16.3. The monoisotopic (exact) mass is 365 g/mol. The number of nitrogens with one attached hydrogen (secondary N) is 1. The quantitative estimate of drug-likeness (QED) is 0.752. The van der Waals surface area contributed by atoms with E-state index in [1.807, 2.05) is 17.5 Å². The van der Waals surface area contributed by atoms with E-state index in [0.29, 0.717) is 10.0 Å². The van der Waals surface area contributed by atoms with E-state index in [0.717, 1.165) is 11.3 Å². The molecule has 8 heteroatoms. The predicted molar refractivity (Wildman–Crippen MR) is 90.8 cm³/mol. The van der Waals surface area contributed by atoms with Crippen molar-refractivity contribution in [1.82, 2.24) is 14.7 Å². The van der Waals surface area contributed by atoms with Crippen molar-refractivity contribution in [3.8, 4) is 11.3 Å². The van der Waals surface area contributed by atoms with E-state index in [2.05, 4.69) is 14.7 Å². The smallest absolute Gasteiger partial charge is 0.241 e. The van der Waals surface area contributed by atoms with Gasteiger partial charge in [0.05, 0.1) is 17.1 Å². The molecule has 0 fully saturated rings. The highest BCUT2D eigenvalue weighted by atomic mass is 35.5. The summed E-state index contributed by atoms with van der Waals surface area (Å²) < 4.78 is 27.0. The Hall–Kier alpha value is -1.80. The van der Waals surface area contributed by atoms with E-state index in [1.54, 1.807) is 24.5 Å². The molecule has 118 valence electrons.